The lowest BCUT2D eigenvalue weighted by atomic mass is 10.1. The summed E-state index contributed by atoms with van der Waals surface area (Å²) in [6, 6.07) is 11.5. The Hall–Kier alpha value is -2.89. The van der Waals surface area contributed by atoms with Crippen LogP contribution in [0, 0.1) is 11.6 Å². The maximum absolute atomic E-state index is 13.7. The van der Waals surface area contributed by atoms with E-state index in [0.717, 1.165) is 28.6 Å². The summed E-state index contributed by atoms with van der Waals surface area (Å²) >= 11 is 0. The van der Waals surface area contributed by atoms with Gasteiger partial charge < -0.3 is 10.1 Å². The first kappa shape index (κ1) is 15.0. The van der Waals surface area contributed by atoms with Gasteiger partial charge in [0.2, 0.25) is 0 Å². The van der Waals surface area contributed by atoms with Crippen LogP contribution < -0.4 is 10.1 Å². The second kappa shape index (κ2) is 6.48. The van der Waals surface area contributed by atoms with Crippen LogP contribution in [0.2, 0.25) is 0 Å². The number of aromatic amines is 1. The second-order valence-electron chi connectivity index (χ2n) is 4.95. The molecule has 2 aromatic carbocycles. The zero-order valence-electron chi connectivity index (χ0n) is 12.4. The normalized spacial score (nSPS) is 10.6. The van der Waals surface area contributed by atoms with Gasteiger partial charge in [-0.2, -0.15) is 5.10 Å². The van der Waals surface area contributed by atoms with Crippen LogP contribution in [0.25, 0.3) is 11.3 Å². The summed E-state index contributed by atoms with van der Waals surface area (Å²) in [5.74, 6) is -1.01. The van der Waals surface area contributed by atoms with Crippen LogP contribution in [0.3, 0.4) is 0 Å². The van der Waals surface area contributed by atoms with Gasteiger partial charge in [0.15, 0.2) is 11.6 Å². The smallest absolute Gasteiger partial charge is 0.181 e. The van der Waals surface area contributed by atoms with E-state index in [4.69, 9.17) is 4.74 Å². The largest absolute Gasteiger partial charge is 0.497 e. The molecule has 0 saturated heterocycles. The van der Waals surface area contributed by atoms with Gasteiger partial charge in [-0.25, -0.2) is 8.78 Å². The minimum Gasteiger partial charge on any atom is -0.497 e. The molecule has 2 N–H and O–H groups in total. The highest BCUT2D eigenvalue weighted by atomic mass is 19.2. The van der Waals surface area contributed by atoms with E-state index in [9.17, 15) is 8.78 Å². The first-order chi connectivity index (χ1) is 11.2. The van der Waals surface area contributed by atoms with Crippen molar-refractivity contribution in [1.29, 1.82) is 0 Å². The molecule has 0 fully saturated rings. The molecule has 0 aliphatic rings. The number of hydrogen-bond donors (Lipinski definition) is 2. The molecular formula is C17H15F2N3O. The van der Waals surface area contributed by atoms with Crippen molar-refractivity contribution >= 4 is 5.69 Å². The van der Waals surface area contributed by atoms with Crippen LogP contribution in [-0.4, -0.2) is 17.3 Å². The number of methoxy groups -OCH3 is 1. The summed E-state index contributed by atoms with van der Waals surface area (Å²) in [5, 5.41) is 9.84. The Kier molecular flexibility index (Phi) is 4.23. The lowest BCUT2D eigenvalue weighted by Crippen LogP contribution is -2.03. The predicted molar refractivity (Wildman–Crippen MR) is 84.3 cm³/mol. The molecule has 0 aliphatic heterocycles. The summed E-state index contributed by atoms with van der Waals surface area (Å²) in [6.07, 6.45) is 1.66. The van der Waals surface area contributed by atoms with Crippen molar-refractivity contribution in [1.82, 2.24) is 10.2 Å². The van der Waals surface area contributed by atoms with Crippen LogP contribution >= 0.6 is 0 Å². The fourth-order valence-electron chi connectivity index (χ4n) is 2.28. The maximum Gasteiger partial charge on any atom is 0.181 e. The van der Waals surface area contributed by atoms with Crippen molar-refractivity contribution in [2.45, 2.75) is 6.54 Å². The second-order valence-corrected chi connectivity index (χ2v) is 4.95. The van der Waals surface area contributed by atoms with Gasteiger partial charge in [0, 0.05) is 17.7 Å². The van der Waals surface area contributed by atoms with Gasteiger partial charge in [0.05, 0.1) is 24.7 Å². The van der Waals surface area contributed by atoms with Crippen molar-refractivity contribution < 1.29 is 13.5 Å². The molecule has 23 heavy (non-hydrogen) atoms. The van der Waals surface area contributed by atoms with Crippen molar-refractivity contribution in [3.63, 3.8) is 0 Å². The van der Waals surface area contributed by atoms with E-state index in [-0.39, 0.29) is 5.69 Å². The molecule has 0 bridgehead atoms. The van der Waals surface area contributed by atoms with Gasteiger partial charge in [0.1, 0.15) is 5.75 Å². The highest BCUT2D eigenvalue weighted by molar-refractivity contribution is 5.64. The molecule has 0 unspecified atom stereocenters. The third-order valence-corrected chi connectivity index (χ3v) is 3.52. The van der Waals surface area contributed by atoms with E-state index in [0.29, 0.717) is 6.54 Å². The number of H-pyrrole nitrogens is 1. The van der Waals surface area contributed by atoms with Gasteiger partial charge >= 0.3 is 0 Å². The monoisotopic (exact) mass is 315 g/mol. The van der Waals surface area contributed by atoms with Crippen molar-refractivity contribution in [2.24, 2.45) is 0 Å². The number of benzene rings is 2. The number of anilines is 1. The molecule has 0 amide bonds. The molecule has 3 rings (SSSR count). The molecule has 0 atom stereocenters. The molecule has 1 aromatic heterocycles. The van der Waals surface area contributed by atoms with Crippen LogP contribution in [0.5, 0.6) is 5.75 Å². The van der Waals surface area contributed by atoms with Crippen molar-refractivity contribution in [3.8, 4) is 17.0 Å². The summed E-state index contributed by atoms with van der Waals surface area (Å²) in [5.41, 5.74) is 2.71. The Labute approximate surface area is 132 Å². The maximum atomic E-state index is 13.7. The molecule has 0 spiro atoms. The molecule has 3 aromatic rings. The Morgan fingerprint density at radius 1 is 1.13 bits per heavy atom. The molecule has 0 aliphatic carbocycles. The van der Waals surface area contributed by atoms with Gasteiger partial charge in [-0.3, -0.25) is 5.10 Å². The molecule has 118 valence electrons. The Morgan fingerprint density at radius 2 is 1.91 bits per heavy atom. The average Bonchev–Trinajstić information content (AvgIpc) is 3.05. The highest BCUT2D eigenvalue weighted by Crippen LogP contribution is 2.25. The van der Waals surface area contributed by atoms with Crippen molar-refractivity contribution in [2.75, 3.05) is 12.4 Å². The summed E-state index contributed by atoms with van der Waals surface area (Å²) < 4.78 is 32.0. The fourth-order valence-corrected chi connectivity index (χ4v) is 2.28. The summed E-state index contributed by atoms with van der Waals surface area (Å²) in [7, 11) is 1.61. The molecular weight excluding hydrogens is 300 g/mol. The quantitative estimate of drug-likeness (QED) is 0.749. The van der Waals surface area contributed by atoms with E-state index in [1.807, 2.05) is 24.3 Å². The highest BCUT2D eigenvalue weighted by Gasteiger charge is 2.11. The summed E-state index contributed by atoms with van der Waals surface area (Å²) in [4.78, 5) is 0. The summed E-state index contributed by atoms with van der Waals surface area (Å²) in [6.45, 7) is 0.318. The van der Waals surface area contributed by atoms with E-state index in [2.05, 4.69) is 15.5 Å². The number of halogens is 2. The number of aromatic nitrogens is 2. The standard InChI is InChI=1S/C17H15F2N3O/c1-23-13-7-5-11(6-8-13)17-12(10-21-22-17)9-20-15-4-2-3-14(18)16(15)19/h2-8,10,20H,9H2,1H3,(H,21,22). The van der Waals surface area contributed by atoms with Gasteiger partial charge in [0.25, 0.3) is 0 Å². The minimum absolute atomic E-state index is 0.117. The molecule has 6 heteroatoms. The molecule has 1 heterocycles. The van der Waals surface area contributed by atoms with Crippen LogP contribution in [0.1, 0.15) is 5.56 Å². The number of hydrogen-bond acceptors (Lipinski definition) is 3. The SMILES string of the molecule is COc1ccc(-c2[nH]ncc2CNc2cccc(F)c2F)cc1. The first-order valence-electron chi connectivity index (χ1n) is 7.03. The van der Waals surface area contributed by atoms with Crippen LogP contribution in [-0.2, 0) is 6.54 Å². The van der Waals surface area contributed by atoms with Crippen LogP contribution in [0.15, 0.2) is 48.7 Å². The van der Waals surface area contributed by atoms with Gasteiger partial charge in [-0.05, 0) is 36.4 Å². The number of nitrogens with zero attached hydrogens (tertiary/aromatic N) is 1. The van der Waals surface area contributed by atoms with E-state index in [1.54, 1.807) is 13.3 Å². The Morgan fingerprint density at radius 3 is 2.65 bits per heavy atom. The van der Waals surface area contributed by atoms with E-state index < -0.39 is 11.6 Å². The number of rotatable bonds is 5. The van der Waals surface area contributed by atoms with Gasteiger partial charge in [-0.1, -0.05) is 6.07 Å². The zero-order chi connectivity index (χ0) is 16.2. The first-order valence-corrected chi connectivity index (χ1v) is 7.03. The number of ether oxygens (including phenoxy) is 1. The molecule has 0 saturated carbocycles. The van der Waals surface area contributed by atoms with Crippen molar-refractivity contribution in [3.05, 3.63) is 65.9 Å². The van der Waals surface area contributed by atoms with E-state index >= 15 is 0 Å². The molecule has 4 nitrogen and oxygen atoms in total. The minimum atomic E-state index is -0.887. The van der Waals surface area contributed by atoms with Crippen LogP contribution in [0.4, 0.5) is 14.5 Å². The molecule has 0 radical (unpaired) electrons. The lowest BCUT2D eigenvalue weighted by Gasteiger charge is -2.09. The zero-order valence-corrected chi connectivity index (χ0v) is 12.4. The van der Waals surface area contributed by atoms with E-state index in [1.165, 1.54) is 12.1 Å². The third-order valence-electron chi connectivity index (χ3n) is 3.52. The topological polar surface area (TPSA) is 49.9 Å². The van der Waals surface area contributed by atoms with Gasteiger partial charge in [-0.15, -0.1) is 0 Å². The third kappa shape index (κ3) is 3.15. The Balaban J connectivity index is 1.79. The predicted octanol–water partition coefficient (Wildman–Crippen LogP) is 3.98. The fraction of sp³-hybridized carbons (Fsp3) is 0.118. The number of nitrogens with one attached hydrogen (secondary N) is 2. The lowest BCUT2D eigenvalue weighted by molar-refractivity contribution is 0.415. The Bertz CT molecular complexity index is 800. The average molecular weight is 315 g/mol.